The van der Waals surface area contributed by atoms with Crippen LogP contribution in [0.15, 0.2) is 35.4 Å². The van der Waals surface area contributed by atoms with Crippen LogP contribution in [-0.2, 0) is 0 Å². The minimum Gasteiger partial charge on any atom is -0.282 e. The summed E-state index contributed by atoms with van der Waals surface area (Å²) in [5.74, 6) is -0.373. The maximum absolute atomic E-state index is 11.6. The van der Waals surface area contributed by atoms with E-state index in [9.17, 15) is 4.79 Å². The number of amides is 1. The number of rotatable bonds is 3. The Labute approximate surface area is 109 Å². The van der Waals surface area contributed by atoms with Gasteiger partial charge in [0.15, 0.2) is 5.69 Å². The summed E-state index contributed by atoms with van der Waals surface area (Å²) in [6, 6.07) is 8.86. The average molecular weight is 263 g/mol. The molecule has 18 heavy (non-hydrogen) atoms. The Morgan fingerprint density at radius 1 is 1.50 bits per heavy atom. The minimum absolute atomic E-state index is 0.295. The molecule has 1 amide bonds. The lowest BCUT2D eigenvalue weighted by molar-refractivity contribution is 0.0950. The third-order valence-electron chi connectivity index (χ3n) is 2.21. The molecule has 5 nitrogen and oxygen atoms in total. The molecule has 0 spiro atoms. The fourth-order valence-corrected chi connectivity index (χ4v) is 1.52. The van der Waals surface area contributed by atoms with E-state index in [0.717, 1.165) is 11.3 Å². The summed E-state index contributed by atoms with van der Waals surface area (Å²) in [5, 5.41) is 10.9. The molecule has 0 aliphatic heterocycles. The Morgan fingerprint density at radius 3 is 2.94 bits per heavy atom. The fourth-order valence-electron chi connectivity index (χ4n) is 1.33. The van der Waals surface area contributed by atoms with Gasteiger partial charge in [0, 0.05) is 16.3 Å². The van der Waals surface area contributed by atoms with E-state index in [2.05, 4.69) is 20.7 Å². The van der Waals surface area contributed by atoms with E-state index in [1.165, 1.54) is 6.21 Å². The molecule has 6 heteroatoms. The van der Waals surface area contributed by atoms with Crippen molar-refractivity contribution >= 4 is 23.7 Å². The smallest absolute Gasteiger partial charge is 0.282 e. The zero-order valence-electron chi connectivity index (χ0n) is 9.64. The molecule has 1 heterocycles. The zero-order valence-corrected chi connectivity index (χ0v) is 10.4. The van der Waals surface area contributed by atoms with Crippen molar-refractivity contribution in [3.63, 3.8) is 0 Å². The normalized spacial score (nSPS) is 10.8. The van der Waals surface area contributed by atoms with Gasteiger partial charge in [-0.05, 0) is 19.1 Å². The number of carbonyl (C=O) groups excluding carboxylic acids is 1. The van der Waals surface area contributed by atoms with E-state index < -0.39 is 0 Å². The lowest BCUT2D eigenvalue weighted by atomic mass is 10.2. The molecule has 92 valence electrons. The SMILES string of the molecule is Cc1cc(C(=O)N/N=C/c2ccccc2Cl)n[nH]1. The molecule has 1 aromatic carbocycles. The lowest BCUT2D eigenvalue weighted by Crippen LogP contribution is -2.18. The topological polar surface area (TPSA) is 70.1 Å². The molecule has 0 saturated carbocycles. The van der Waals surface area contributed by atoms with Gasteiger partial charge in [0.05, 0.1) is 6.21 Å². The van der Waals surface area contributed by atoms with Gasteiger partial charge >= 0.3 is 0 Å². The van der Waals surface area contributed by atoms with Crippen LogP contribution in [0.1, 0.15) is 21.7 Å². The molecule has 2 rings (SSSR count). The first-order chi connectivity index (χ1) is 8.66. The molecule has 0 aliphatic rings. The predicted octanol–water partition coefficient (Wildman–Crippen LogP) is 2.14. The average Bonchev–Trinajstić information content (AvgIpc) is 2.78. The van der Waals surface area contributed by atoms with Gasteiger partial charge in [-0.1, -0.05) is 29.8 Å². The molecule has 0 atom stereocenters. The summed E-state index contributed by atoms with van der Waals surface area (Å²) < 4.78 is 0. The predicted molar refractivity (Wildman–Crippen MR) is 69.8 cm³/mol. The van der Waals surface area contributed by atoms with E-state index in [1.807, 2.05) is 19.1 Å². The number of nitrogens with zero attached hydrogens (tertiary/aromatic N) is 2. The van der Waals surface area contributed by atoms with Crippen LogP contribution < -0.4 is 5.43 Å². The van der Waals surface area contributed by atoms with Gasteiger partial charge < -0.3 is 0 Å². The summed E-state index contributed by atoms with van der Waals surface area (Å²) in [7, 11) is 0. The van der Waals surface area contributed by atoms with E-state index in [0.29, 0.717) is 10.7 Å². The molecule has 2 aromatic rings. The van der Waals surface area contributed by atoms with Crippen LogP contribution in [0.3, 0.4) is 0 Å². The number of benzene rings is 1. The molecular weight excluding hydrogens is 252 g/mol. The number of hydrogen-bond donors (Lipinski definition) is 2. The van der Waals surface area contributed by atoms with Crippen molar-refractivity contribution in [3.05, 3.63) is 52.3 Å². The van der Waals surface area contributed by atoms with Crippen molar-refractivity contribution in [1.29, 1.82) is 0 Å². The summed E-state index contributed by atoms with van der Waals surface area (Å²) in [6.45, 7) is 1.82. The third kappa shape index (κ3) is 2.95. The van der Waals surface area contributed by atoms with Crippen molar-refractivity contribution in [2.24, 2.45) is 5.10 Å². The van der Waals surface area contributed by atoms with Gasteiger partial charge in [0.25, 0.3) is 5.91 Å². The maximum atomic E-state index is 11.6. The zero-order chi connectivity index (χ0) is 13.0. The molecule has 0 radical (unpaired) electrons. The maximum Gasteiger partial charge on any atom is 0.291 e. The number of hydrazone groups is 1. The third-order valence-corrected chi connectivity index (χ3v) is 2.56. The molecule has 0 bridgehead atoms. The van der Waals surface area contributed by atoms with Crippen LogP contribution in [0.5, 0.6) is 0 Å². The van der Waals surface area contributed by atoms with E-state index in [4.69, 9.17) is 11.6 Å². The molecule has 0 fully saturated rings. The van der Waals surface area contributed by atoms with E-state index in [-0.39, 0.29) is 5.91 Å². The number of carbonyl (C=O) groups is 1. The van der Waals surface area contributed by atoms with Crippen LogP contribution in [-0.4, -0.2) is 22.3 Å². The number of H-pyrrole nitrogens is 1. The first-order valence-electron chi connectivity index (χ1n) is 5.27. The Balaban J connectivity index is 2.00. The number of halogens is 1. The Hall–Kier alpha value is -2.14. The number of aromatic amines is 1. The second kappa shape index (κ2) is 5.46. The van der Waals surface area contributed by atoms with Crippen molar-refractivity contribution in [2.75, 3.05) is 0 Å². The first kappa shape index (κ1) is 12.3. The van der Waals surface area contributed by atoms with Gasteiger partial charge in [-0.15, -0.1) is 0 Å². The van der Waals surface area contributed by atoms with Crippen molar-refractivity contribution in [1.82, 2.24) is 15.6 Å². The Kier molecular flexibility index (Phi) is 3.74. The Morgan fingerprint density at radius 2 is 2.28 bits per heavy atom. The number of aromatic nitrogens is 2. The van der Waals surface area contributed by atoms with Crippen LogP contribution >= 0.6 is 11.6 Å². The summed E-state index contributed by atoms with van der Waals surface area (Å²) >= 11 is 5.94. The fraction of sp³-hybridized carbons (Fsp3) is 0.0833. The van der Waals surface area contributed by atoms with Crippen LogP contribution in [0.4, 0.5) is 0 Å². The largest absolute Gasteiger partial charge is 0.291 e. The first-order valence-corrected chi connectivity index (χ1v) is 5.64. The quantitative estimate of drug-likeness (QED) is 0.657. The highest BCUT2D eigenvalue weighted by Gasteiger charge is 2.07. The molecule has 0 aliphatic carbocycles. The van der Waals surface area contributed by atoms with Crippen molar-refractivity contribution in [2.45, 2.75) is 6.92 Å². The summed E-state index contributed by atoms with van der Waals surface area (Å²) in [6.07, 6.45) is 1.49. The highest BCUT2D eigenvalue weighted by molar-refractivity contribution is 6.33. The molecular formula is C12H11ClN4O. The lowest BCUT2D eigenvalue weighted by Gasteiger charge is -1.97. The van der Waals surface area contributed by atoms with Gasteiger partial charge in [-0.3, -0.25) is 9.89 Å². The van der Waals surface area contributed by atoms with Crippen molar-refractivity contribution < 1.29 is 4.79 Å². The number of hydrogen-bond acceptors (Lipinski definition) is 3. The van der Waals surface area contributed by atoms with E-state index in [1.54, 1.807) is 18.2 Å². The molecule has 0 unspecified atom stereocenters. The van der Waals surface area contributed by atoms with Crippen LogP contribution in [0.2, 0.25) is 5.02 Å². The van der Waals surface area contributed by atoms with Gasteiger partial charge in [0.1, 0.15) is 0 Å². The minimum atomic E-state index is -0.373. The monoisotopic (exact) mass is 262 g/mol. The highest BCUT2D eigenvalue weighted by atomic mass is 35.5. The molecule has 0 saturated heterocycles. The van der Waals surface area contributed by atoms with Crippen LogP contribution in [0.25, 0.3) is 0 Å². The highest BCUT2D eigenvalue weighted by Crippen LogP contribution is 2.12. The summed E-state index contributed by atoms with van der Waals surface area (Å²) in [4.78, 5) is 11.6. The number of aryl methyl sites for hydroxylation is 1. The Bertz CT molecular complexity index is 591. The molecule has 2 N–H and O–H groups in total. The van der Waals surface area contributed by atoms with Gasteiger partial charge in [-0.25, -0.2) is 5.43 Å². The standard InChI is InChI=1S/C12H11ClN4O/c1-8-6-11(16-15-8)12(18)17-14-7-9-4-2-3-5-10(9)13/h2-7H,1H3,(H,15,16)(H,17,18)/b14-7+. The second-order valence-electron chi connectivity index (χ2n) is 3.66. The van der Waals surface area contributed by atoms with Crippen LogP contribution in [0, 0.1) is 6.92 Å². The van der Waals surface area contributed by atoms with Crippen molar-refractivity contribution in [3.8, 4) is 0 Å². The summed E-state index contributed by atoms with van der Waals surface area (Å²) in [5.41, 5.74) is 4.22. The number of nitrogens with one attached hydrogen (secondary N) is 2. The molecule has 1 aromatic heterocycles. The van der Waals surface area contributed by atoms with Gasteiger partial charge in [-0.2, -0.15) is 10.2 Å². The second-order valence-corrected chi connectivity index (χ2v) is 4.06. The van der Waals surface area contributed by atoms with Gasteiger partial charge in [0.2, 0.25) is 0 Å². The van der Waals surface area contributed by atoms with E-state index >= 15 is 0 Å².